The largest absolute Gasteiger partial charge is 0.495 e. The molecule has 3 rings (SSSR count). The monoisotopic (exact) mass is 379 g/mol. The van der Waals surface area contributed by atoms with Gasteiger partial charge in [-0.3, -0.25) is 9.89 Å². The van der Waals surface area contributed by atoms with Crippen molar-refractivity contribution in [3.05, 3.63) is 59.3 Å². The highest BCUT2D eigenvalue weighted by molar-refractivity contribution is 6.05. The predicted octanol–water partition coefficient (Wildman–Crippen LogP) is 3.49. The van der Waals surface area contributed by atoms with Crippen molar-refractivity contribution in [1.82, 2.24) is 15.5 Å². The molecular weight excluding hydrogens is 354 g/mol. The number of methoxy groups -OCH3 is 1. The SMILES string of the molecule is COc1c(C(=O)N[C@H](CO)C(C)C)ccc2[nH]nc(/C=C/c3ccccc3)c12. The highest BCUT2D eigenvalue weighted by atomic mass is 16.5. The maximum atomic E-state index is 12.8. The van der Waals surface area contributed by atoms with Gasteiger partial charge in [-0.05, 0) is 29.7 Å². The molecule has 1 heterocycles. The third kappa shape index (κ3) is 4.07. The number of hydrogen-bond donors (Lipinski definition) is 3. The maximum absolute atomic E-state index is 12.8. The molecule has 0 spiro atoms. The van der Waals surface area contributed by atoms with E-state index in [-0.39, 0.29) is 24.5 Å². The lowest BCUT2D eigenvalue weighted by atomic mass is 10.0. The van der Waals surface area contributed by atoms with Crippen LogP contribution in [0.4, 0.5) is 0 Å². The van der Waals surface area contributed by atoms with Crippen molar-refractivity contribution in [2.24, 2.45) is 5.92 Å². The van der Waals surface area contributed by atoms with Gasteiger partial charge in [0.15, 0.2) is 0 Å². The lowest BCUT2D eigenvalue weighted by molar-refractivity contribution is 0.0894. The molecule has 0 radical (unpaired) electrons. The Balaban J connectivity index is 1.99. The minimum atomic E-state index is -0.324. The zero-order valence-corrected chi connectivity index (χ0v) is 16.3. The van der Waals surface area contributed by atoms with Crippen LogP contribution in [0.3, 0.4) is 0 Å². The van der Waals surface area contributed by atoms with Gasteiger partial charge >= 0.3 is 0 Å². The van der Waals surface area contributed by atoms with Crippen LogP contribution in [0.25, 0.3) is 23.1 Å². The fourth-order valence-corrected chi connectivity index (χ4v) is 3.03. The molecular formula is C22H25N3O3. The number of rotatable bonds is 7. The zero-order chi connectivity index (χ0) is 20.1. The first kappa shape index (κ1) is 19.6. The second kappa shape index (κ2) is 8.71. The van der Waals surface area contributed by atoms with E-state index in [1.165, 1.54) is 7.11 Å². The Labute approximate surface area is 164 Å². The van der Waals surface area contributed by atoms with E-state index in [4.69, 9.17) is 4.74 Å². The van der Waals surface area contributed by atoms with Crippen molar-refractivity contribution in [2.75, 3.05) is 13.7 Å². The molecule has 0 fully saturated rings. The van der Waals surface area contributed by atoms with Gasteiger partial charge in [-0.15, -0.1) is 0 Å². The van der Waals surface area contributed by atoms with Crippen LogP contribution in [0, 0.1) is 5.92 Å². The number of aliphatic hydroxyl groups is 1. The number of carbonyl (C=O) groups excluding carboxylic acids is 1. The smallest absolute Gasteiger partial charge is 0.255 e. The molecule has 0 aliphatic rings. The number of nitrogens with zero attached hydrogens (tertiary/aromatic N) is 1. The van der Waals surface area contributed by atoms with E-state index in [1.54, 1.807) is 6.07 Å². The third-order valence-corrected chi connectivity index (χ3v) is 4.71. The first-order valence-corrected chi connectivity index (χ1v) is 9.25. The molecule has 0 saturated heterocycles. The predicted molar refractivity (Wildman–Crippen MR) is 111 cm³/mol. The van der Waals surface area contributed by atoms with Crippen LogP contribution < -0.4 is 10.1 Å². The highest BCUT2D eigenvalue weighted by Gasteiger charge is 2.22. The summed E-state index contributed by atoms with van der Waals surface area (Å²) in [7, 11) is 1.54. The number of fused-ring (bicyclic) bond motifs is 1. The molecule has 0 bridgehead atoms. The lowest BCUT2D eigenvalue weighted by Gasteiger charge is -2.20. The standard InChI is InChI=1S/C22H25N3O3/c1-14(2)19(13-26)23-22(27)16-10-12-18-20(21(16)28-3)17(24-25-18)11-9-15-7-5-4-6-8-15/h4-12,14,19,26H,13H2,1-3H3,(H,23,27)(H,24,25)/b11-9+/t19-/m1/s1. The van der Waals surface area contributed by atoms with Crippen LogP contribution in [-0.2, 0) is 0 Å². The summed E-state index contributed by atoms with van der Waals surface area (Å²) in [5.74, 6) is 0.282. The topological polar surface area (TPSA) is 87.2 Å². The summed E-state index contributed by atoms with van der Waals surface area (Å²) in [6.45, 7) is 3.78. The molecule has 0 unspecified atom stereocenters. The number of amides is 1. The minimum absolute atomic E-state index is 0.113. The van der Waals surface area contributed by atoms with Gasteiger partial charge < -0.3 is 15.2 Å². The van der Waals surface area contributed by atoms with Crippen molar-refractivity contribution in [3.8, 4) is 5.75 Å². The summed E-state index contributed by atoms with van der Waals surface area (Å²) in [4.78, 5) is 12.8. The van der Waals surface area contributed by atoms with Gasteiger partial charge in [0, 0.05) is 0 Å². The van der Waals surface area contributed by atoms with E-state index in [2.05, 4.69) is 15.5 Å². The normalized spacial score (nSPS) is 12.6. The molecule has 6 nitrogen and oxygen atoms in total. The van der Waals surface area contributed by atoms with Crippen molar-refractivity contribution >= 4 is 29.0 Å². The molecule has 0 saturated carbocycles. The fraction of sp³-hybridized carbons (Fsp3) is 0.273. The molecule has 28 heavy (non-hydrogen) atoms. The van der Waals surface area contributed by atoms with Gasteiger partial charge in [0.25, 0.3) is 5.91 Å². The number of hydrogen-bond acceptors (Lipinski definition) is 4. The van der Waals surface area contributed by atoms with Crippen molar-refractivity contribution < 1.29 is 14.6 Å². The van der Waals surface area contributed by atoms with Gasteiger partial charge in [-0.25, -0.2) is 0 Å². The molecule has 3 aromatic rings. The maximum Gasteiger partial charge on any atom is 0.255 e. The number of H-pyrrole nitrogens is 1. The van der Waals surface area contributed by atoms with E-state index in [0.29, 0.717) is 17.0 Å². The number of aromatic nitrogens is 2. The Bertz CT molecular complexity index is 977. The van der Waals surface area contributed by atoms with Crippen LogP contribution in [-0.4, -0.2) is 41.0 Å². The number of aliphatic hydroxyl groups excluding tert-OH is 1. The number of nitrogens with one attached hydrogen (secondary N) is 2. The van der Waals surface area contributed by atoms with Crippen LogP contribution in [0.2, 0.25) is 0 Å². The number of aromatic amines is 1. The number of ether oxygens (including phenoxy) is 1. The Morgan fingerprint density at radius 3 is 2.61 bits per heavy atom. The van der Waals surface area contributed by atoms with Gasteiger partial charge in [-0.2, -0.15) is 5.10 Å². The van der Waals surface area contributed by atoms with Gasteiger partial charge in [0.2, 0.25) is 0 Å². The molecule has 2 aromatic carbocycles. The van der Waals surface area contributed by atoms with Crippen molar-refractivity contribution in [3.63, 3.8) is 0 Å². The number of benzene rings is 2. The lowest BCUT2D eigenvalue weighted by Crippen LogP contribution is -2.41. The highest BCUT2D eigenvalue weighted by Crippen LogP contribution is 2.32. The van der Waals surface area contributed by atoms with Crippen molar-refractivity contribution in [1.29, 1.82) is 0 Å². The second-order valence-electron chi connectivity index (χ2n) is 6.93. The van der Waals surface area contributed by atoms with Crippen molar-refractivity contribution in [2.45, 2.75) is 19.9 Å². The molecule has 3 N–H and O–H groups in total. The summed E-state index contributed by atoms with van der Waals surface area (Å²) in [5.41, 5.74) is 2.93. The molecule has 1 aromatic heterocycles. The first-order valence-electron chi connectivity index (χ1n) is 9.25. The van der Waals surface area contributed by atoms with Crippen LogP contribution in [0.5, 0.6) is 5.75 Å². The average molecular weight is 379 g/mol. The van der Waals surface area contributed by atoms with Gasteiger partial charge in [0.05, 0.1) is 41.9 Å². The summed E-state index contributed by atoms with van der Waals surface area (Å²) in [5, 5.41) is 20.5. The van der Waals surface area contributed by atoms with Gasteiger partial charge in [0.1, 0.15) is 5.75 Å². The van der Waals surface area contributed by atoms with E-state index in [9.17, 15) is 9.90 Å². The van der Waals surface area contributed by atoms with Gasteiger partial charge in [-0.1, -0.05) is 50.3 Å². The summed E-state index contributed by atoms with van der Waals surface area (Å²) in [6.07, 6.45) is 3.85. The molecule has 1 amide bonds. The Morgan fingerprint density at radius 2 is 1.96 bits per heavy atom. The molecule has 0 aliphatic carbocycles. The number of carbonyl (C=O) groups is 1. The second-order valence-corrected chi connectivity index (χ2v) is 6.93. The molecule has 146 valence electrons. The van der Waals surface area contributed by atoms with Crippen LogP contribution in [0.15, 0.2) is 42.5 Å². The Kier molecular flexibility index (Phi) is 6.11. The zero-order valence-electron chi connectivity index (χ0n) is 16.3. The minimum Gasteiger partial charge on any atom is -0.495 e. The Morgan fingerprint density at radius 1 is 1.21 bits per heavy atom. The van der Waals surface area contributed by atoms with E-state index in [0.717, 1.165) is 16.5 Å². The average Bonchev–Trinajstić information content (AvgIpc) is 3.13. The third-order valence-electron chi connectivity index (χ3n) is 4.71. The van der Waals surface area contributed by atoms with Crippen LogP contribution >= 0.6 is 0 Å². The van der Waals surface area contributed by atoms with E-state index >= 15 is 0 Å². The first-order chi connectivity index (χ1) is 13.5. The van der Waals surface area contributed by atoms with Crippen LogP contribution in [0.1, 0.15) is 35.5 Å². The fourth-order valence-electron chi connectivity index (χ4n) is 3.03. The summed E-state index contributed by atoms with van der Waals surface area (Å²) in [6, 6.07) is 13.1. The quantitative estimate of drug-likeness (QED) is 0.586. The van der Waals surface area contributed by atoms with E-state index < -0.39 is 0 Å². The molecule has 0 aliphatic heterocycles. The summed E-state index contributed by atoms with van der Waals surface area (Å²) >= 11 is 0. The van der Waals surface area contributed by atoms with E-state index in [1.807, 2.05) is 62.4 Å². The molecule has 1 atom stereocenters. The Hall–Kier alpha value is -3.12. The molecule has 6 heteroatoms. The summed E-state index contributed by atoms with van der Waals surface area (Å²) < 4.78 is 5.59.